The summed E-state index contributed by atoms with van der Waals surface area (Å²) in [6.07, 6.45) is -3.24. The Hall–Kier alpha value is -2.14. The molecule has 0 amide bonds. The molecule has 3 rings (SSSR count). The number of aliphatic imine (C=N–C) groups is 1. The summed E-state index contributed by atoms with van der Waals surface area (Å²) in [5.74, 6) is 0.605. The molecule has 11 heteroatoms. The van der Waals surface area contributed by atoms with Crippen LogP contribution >= 0.6 is 11.8 Å². The third kappa shape index (κ3) is 4.94. The number of hydrogen-bond donors (Lipinski definition) is 0. The SMILES string of the molecule is CC(C)CCN1CCN(C2=NC(C=O)c3cc(C(F)(F)F)cc([N+](=O)[O-])c3S2)CC1. The molecule has 30 heavy (non-hydrogen) atoms. The van der Waals surface area contributed by atoms with Gasteiger partial charge < -0.3 is 9.69 Å². The van der Waals surface area contributed by atoms with Crippen LogP contribution in [0, 0.1) is 16.0 Å². The van der Waals surface area contributed by atoms with Crippen molar-refractivity contribution in [1.29, 1.82) is 0 Å². The maximum atomic E-state index is 13.2. The molecular formula is C19H23F3N4O3S. The molecule has 1 atom stereocenters. The van der Waals surface area contributed by atoms with Gasteiger partial charge in [-0.1, -0.05) is 13.8 Å². The molecule has 0 aromatic heterocycles. The van der Waals surface area contributed by atoms with Gasteiger partial charge in [-0.3, -0.25) is 15.0 Å². The minimum Gasteiger partial charge on any atom is -0.349 e. The van der Waals surface area contributed by atoms with Crippen molar-refractivity contribution in [3.05, 3.63) is 33.4 Å². The zero-order valence-corrected chi connectivity index (χ0v) is 17.5. The van der Waals surface area contributed by atoms with Crippen molar-refractivity contribution in [2.75, 3.05) is 32.7 Å². The zero-order chi connectivity index (χ0) is 22.1. The van der Waals surface area contributed by atoms with Gasteiger partial charge in [0.1, 0.15) is 12.3 Å². The first-order valence-electron chi connectivity index (χ1n) is 9.68. The Morgan fingerprint density at radius 2 is 1.97 bits per heavy atom. The Bertz CT molecular complexity index is 852. The molecule has 0 saturated carbocycles. The van der Waals surface area contributed by atoms with Gasteiger partial charge in [0.2, 0.25) is 0 Å². The second-order valence-corrected chi connectivity index (χ2v) is 8.75. The maximum absolute atomic E-state index is 13.2. The third-order valence-corrected chi connectivity index (χ3v) is 6.37. The van der Waals surface area contributed by atoms with Crippen molar-refractivity contribution in [3.63, 3.8) is 0 Å². The number of piperazine rings is 1. The number of nitro groups is 1. The molecule has 0 radical (unpaired) electrons. The quantitative estimate of drug-likeness (QED) is 0.388. The lowest BCUT2D eigenvalue weighted by molar-refractivity contribution is -0.388. The molecule has 0 spiro atoms. The maximum Gasteiger partial charge on any atom is 0.416 e. The average molecular weight is 444 g/mol. The highest BCUT2D eigenvalue weighted by Gasteiger charge is 2.38. The zero-order valence-electron chi connectivity index (χ0n) is 16.7. The predicted octanol–water partition coefficient (Wildman–Crippen LogP) is 3.98. The van der Waals surface area contributed by atoms with Crippen LogP contribution in [0.4, 0.5) is 18.9 Å². The smallest absolute Gasteiger partial charge is 0.349 e. The number of rotatable bonds is 5. The standard InChI is InChI=1S/C19H23F3N4O3S/c1-12(2)3-4-24-5-7-25(8-6-24)18-23-15(11-27)14-9-13(19(20,21)22)10-16(26(28)29)17(14)30-18/h9-12,15H,3-8H2,1-2H3. The number of amidine groups is 1. The molecule has 2 aliphatic rings. The van der Waals surface area contributed by atoms with Crippen molar-refractivity contribution in [2.45, 2.75) is 37.4 Å². The van der Waals surface area contributed by atoms with E-state index in [0.717, 1.165) is 43.9 Å². The number of thioether (sulfide) groups is 1. The molecule has 1 saturated heterocycles. The summed E-state index contributed by atoms with van der Waals surface area (Å²) in [6, 6.07) is 0.121. The topological polar surface area (TPSA) is 79.0 Å². The van der Waals surface area contributed by atoms with Crippen LogP contribution in [-0.4, -0.2) is 58.9 Å². The number of carbonyl (C=O) groups excluding carboxylic acids is 1. The lowest BCUT2D eigenvalue weighted by Crippen LogP contribution is -2.48. The molecular weight excluding hydrogens is 421 g/mol. The van der Waals surface area contributed by atoms with Gasteiger partial charge in [-0.15, -0.1) is 0 Å². The highest BCUT2D eigenvalue weighted by molar-refractivity contribution is 8.14. The van der Waals surface area contributed by atoms with E-state index < -0.39 is 28.4 Å². The molecule has 1 fully saturated rings. The van der Waals surface area contributed by atoms with Gasteiger partial charge >= 0.3 is 6.18 Å². The first kappa shape index (κ1) is 22.5. The molecule has 0 aliphatic carbocycles. The number of nitrogens with zero attached hydrogens (tertiary/aromatic N) is 4. The number of benzene rings is 1. The Kier molecular flexibility index (Phi) is 6.71. The number of hydrogen-bond acceptors (Lipinski definition) is 7. The van der Waals surface area contributed by atoms with Crippen molar-refractivity contribution in [1.82, 2.24) is 9.80 Å². The van der Waals surface area contributed by atoms with Crippen LogP contribution in [0.2, 0.25) is 0 Å². The Morgan fingerprint density at radius 3 is 2.50 bits per heavy atom. The minimum atomic E-state index is -4.76. The molecule has 1 aromatic rings. The Balaban J connectivity index is 1.85. The first-order valence-corrected chi connectivity index (χ1v) is 10.5. The van der Waals surface area contributed by atoms with Crippen molar-refractivity contribution in [2.24, 2.45) is 10.9 Å². The minimum absolute atomic E-state index is 0.0531. The molecule has 164 valence electrons. The molecule has 0 bridgehead atoms. The van der Waals surface area contributed by atoms with Crippen LogP contribution in [0.25, 0.3) is 0 Å². The number of carbonyl (C=O) groups is 1. The van der Waals surface area contributed by atoms with Gasteiger partial charge in [-0.05, 0) is 36.7 Å². The highest BCUT2D eigenvalue weighted by atomic mass is 32.2. The van der Waals surface area contributed by atoms with Crippen LogP contribution < -0.4 is 0 Å². The number of nitro benzene ring substituents is 1. The predicted molar refractivity (Wildman–Crippen MR) is 108 cm³/mol. The summed E-state index contributed by atoms with van der Waals surface area (Å²) < 4.78 is 39.5. The number of alkyl halides is 3. The fourth-order valence-corrected chi connectivity index (χ4v) is 4.62. The van der Waals surface area contributed by atoms with E-state index in [-0.39, 0.29) is 10.5 Å². The summed E-state index contributed by atoms with van der Waals surface area (Å²) in [7, 11) is 0. The monoisotopic (exact) mass is 444 g/mol. The van der Waals surface area contributed by atoms with Crippen molar-refractivity contribution >= 4 is 28.9 Å². The number of aldehydes is 1. The van der Waals surface area contributed by atoms with Gasteiger partial charge in [0.15, 0.2) is 5.17 Å². The average Bonchev–Trinajstić information content (AvgIpc) is 2.70. The summed E-state index contributed by atoms with van der Waals surface area (Å²) in [5, 5.41) is 11.9. The Labute approximate surface area is 176 Å². The van der Waals surface area contributed by atoms with Gasteiger partial charge in [0, 0.05) is 37.8 Å². The second-order valence-electron chi connectivity index (χ2n) is 7.77. The van der Waals surface area contributed by atoms with Gasteiger partial charge in [0.05, 0.1) is 15.4 Å². The van der Waals surface area contributed by atoms with E-state index in [1.54, 1.807) is 0 Å². The fourth-order valence-electron chi connectivity index (χ4n) is 3.43. The molecule has 0 N–H and O–H groups in total. The number of halogens is 3. The van der Waals surface area contributed by atoms with Crippen molar-refractivity contribution in [3.8, 4) is 0 Å². The molecule has 2 aliphatic heterocycles. The fraction of sp³-hybridized carbons (Fsp3) is 0.579. The molecule has 1 aromatic carbocycles. The van der Waals surface area contributed by atoms with Crippen LogP contribution in [0.5, 0.6) is 0 Å². The van der Waals surface area contributed by atoms with E-state index >= 15 is 0 Å². The van der Waals surface area contributed by atoms with E-state index in [2.05, 4.69) is 23.7 Å². The summed E-state index contributed by atoms with van der Waals surface area (Å²) in [5.41, 5.74) is -1.88. The van der Waals surface area contributed by atoms with Crippen LogP contribution in [0.1, 0.15) is 37.4 Å². The van der Waals surface area contributed by atoms with Gasteiger partial charge in [-0.2, -0.15) is 13.2 Å². The molecule has 7 nitrogen and oxygen atoms in total. The van der Waals surface area contributed by atoms with E-state index in [9.17, 15) is 28.1 Å². The molecule has 2 heterocycles. The largest absolute Gasteiger partial charge is 0.416 e. The van der Waals surface area contributed by atoms with Gasteiger partial charge in [0.25, 0.3) is 5.69 Å². The normalized spacial score (nSPS) is 20.1. The highest BCUT2D eigenvalue weighted by Crippen LogP contribution is 2.45. The van der Waals surface area contributed by atoms with Gasteiger partial charge in [-0.25, -0.2) is 4.99 Å². The molecule has 1 unspecified atom stereocenters. The van der Waals surface area contributed by atoms with Crippen molar-refractivity contribution < 1.29 is 22.9 Å². The van der Waals surface area contributed by atoms with E-state index in [1.807, 2.05) is 4.90 Å². The van der Waals surface area contributed by atoms with E-state index in [1.165, 1.54) is 0 Å². The summed E-state index contributed by atoms with van der Waals surface area (Å²) in [6.45, 7) is 8.17. The third-order valence-electron chi connectivity index (χ3n) is 5.18. The van der Waals surface area contributed by atoms with Crippen LogP contribution in [0.15, 0.2) is 22.0 Å². The van der Waals surface area contributed by atoms with E-state index in [0.29, 0.717) is 36.5 Å². The number of fused-ring (bicyclic) bond motifs is 1. The Morgan fingerprint density at radius 1 is 1.30 bits per heavy atom. The second kappa shape index (κ2) is 8.93. The van der Waals surface area contributed by atoms with E-state index in [4.69, 9.17) is 0 Å². The summed E-state index contributed by atoms with van der Waals surface area (Å²) >= 11 is 0.966. The lowest BCUT2D eigenvalue weighted by Gasteiger charge is -2.37. The van der Waals surface area contributed by atoms with Crippen LogP contribution in [0.3, 0.4) is 0 Å². The summed E-state index contributed by atoms with van der Waals surface area (Å²) in [4.78, 5) is 30.9. The first-order chi connectivity index (χ1) is 14.1. The lowest BCUT2D eigenvalue weighted by atomic mass is 10.0. The van der Waals surface area contributed by atoms with Crippen LogP contribution in [-0.2, 0) is 11.0 Å².